The van der Waals surface area contributed by atoms with Crippen LogP contribution in [0.15, 0.2) is 24.4 Å². The van der Waals surface area contributed by atoms with Gasteiger partial charge in [-0.1, -0.05) is 11.8 Å². The normalized spacial score (nSPS) is 15.8. The fourth-order valence-corrected chi connectivity index (χ4v) is 4.41. The summed E-state index contributed by atoms with van der Waals surface area (Å²) >= 11 is 0. The van der Waals surface area contributed by atoms with Gasteiger partial charge in [-0.05, 0) is 57.2 Å². The van der Waals surface area contributed by atoms with E-state index in [-0.39, 0.29) is 24.8 Å². The number of amides is 2. The SMILES string of the molecule is CC(C)(N)C(=O)N1CC(C#CC#Cc2ccc3nn(CC[C@](C)(C(=O)NO)S(C)(=O)=O)cc3c2)C1. The average molecular weight is 500 g/mol. The number of nitrogens with two attached hydrogens (primary N) is 1. The predicted octanol–water partition coefficient (Wildman–Crippen LogP) is 0.286. The summed E-state index contributed by atoms with van der Waals surface area (Å²) in [4.78, 5) is 25.7. The molecule has 1 aliphatic heterocycles. The third-order valence-electron chi connectivity index (χ3n) is 6.04. The molecule has 2 amide bonds. The molecule has 0 radical (unpaired) electrons. The van der Waals surface area contributed by atoms with Crippen LogP contribution in [-0.2, 0) is 26.0 Å². The molecule has 1 fully saturated rings. The molecule has 10 nitrogen and oxygen atoms in total. The minimum atomic E-state index is -3.78. The average Bonchev–Trinajstić information content (AvgIpc) is 3.15. The van der Waals surface area contributed by atoms with Crippen molar-refractivity contribution in [3.63, 3.8) is 0 Å². The molecule has 2 aromatic rings. The smallest absolute Gasteiger partial charge is 0.264 e. The van der Waals surface area contributed by atoms with Crippen molar-refractivity contribution in [1.29, 1.82) is 0 Å². The summed E-state index contributed by atoms with van der Waals surface area (Å²) in [5, 5.41) is 14.2. The summed E-state index contributed by atoms with van der Waals surface area (Å²) in [6, 6.07) is 5.45. The second-order valence-corrected chi connectivity index (χ2v) is 12.0. The van der Waals surface area contributed by atoms with E-state index in [0.717, 1.165) is 17.2 Å². The number of likely N-dealkylation sites (tertiary alicyclic amines) is 1. The summed E-state index contributed by atoms with van der Waals surface area (Å²) in [5.41, 5.74) is 7.81. The van der Waals surface area contributed by atoms with Crippen molar-refractivity contribution in [3.05, 3.63) is 30.0 Å². The highest BCUT2D eigenvalue weighted by molar-refractivity contribution is 7.92. The van der Waals surface area contributed by atoms with E-state index in [1.165, 1.54) is 12.4 Å². The van der Waals surface area contributed by atoms with Gasteiger partial charge in [-0.15, -0.1) is 0 Å². The van der Waals surface area contributed by atoms with E-state index in [0.29, 0.717) is 18.6 Å². The fraction of sp³-hybridized carbons (Fsp3) is 0.458. The van der Waals surface area contributed by atoms with Gasteiger partial charge in [-0.3, -0.25) is 19.5 Å². The largest absolute Gasteiger partial charge is 0.338 e. The lowest BCUT2D eigenvalue weighted by atomic mass is 9.96. The van der Waals surface area contributed by atoms with E-state index in [1.807, 2.05) is 6.07 Å². The molecule has 1 aromatic heterocycles. The zero-order chi connectivity index (χ0) is 26.0. The highest BCUT2D eigenvalue weighted by atomic mass is 32.2. The number of rotatable bonds is 6. The molecular formula is C24H29N5O5S. The number of nitrogens with zero attached hydrogens (tertiary/aromatic N) is 3. The third-order valence-corrected chi connectivity index (χ3v) is 8.06. The lowest BCUT2D eigenvalue weighted by Crippen LogP contribution is -2.58. The van der Waals surface area contributed by atoms with Crippen LogP contribution >= 0.6 is 0 Å². The number of hydrogen-bond acceptors (Lipinski definition) is 7. The van der Waals surface area contributed by atoms with Gasteiger partial charge in [0.05, 0.1) is 17.0 Å². The maximum Gasteiger partial charge on any atom is 0.264 e. The highest BCUT2D eigenvalue weighted by Gasteiger charge is 2.43. The van der Waals surface area contributed by atoms with Crippen molar-refractivity contribution in [2.45, 2.75) is 44.0 Å². The van der Waals surface area contributed by atoms with Crippen LogP contribution in [-0.4, -0.2) is 69.8 Å². The van der Waals surface area contributed by atoms with Crippen molar-refractivity contribution in [2.75, 3.05) is 19.3 Å². The monoisotopic (exact) mass is 499 g/mol. The van der Waals surface area contributed by atoms with E-state index < -0.39 is 26.0 Å². The number of hydroxylamine groups is 1. The van der Waals surface area contributed by atoms with E-state index >= 15 is 0 Å². The summed E-state index contributed by atoms with van der Waals surface area (Å²) in [7, 11) is -3.78. The first kappa shape index (κ1) is 26.2. The Hall–Kier alpha value is -3.38. The van der Waals surface area contributed by atoms with Gasteiger partial charge in [-0.25, -0.2) is 13.9 Å². The number of benzene rings is 1. The van der Waals surface area contributed by atoms with Crippen LogP contribution in [0.25, 0.3) is 10.9 Å². The molecule has 0 spiro atoms. The first-order valence-corrected chi connectivity index (χ1v) is 12.8. The molecule has 2 heterocycles. The zero-order valence-electron chi connectivity index (χ0n) is 20.1. The molecule has 0 bridgehead atoms. The second-order valence-electron chi connectivity index (χ2n) is 9.51. The van der Waals surface area contributed by atoms with Crippen molar-refractivity contribution in [2.24, 2.45) is 11.7 Å². The molecular weight excluding hydrogens is 470 g/mol. The first-order valence-electron chi connectivity index (χ1n) is 11.0. The Morgan fingerprint density at radius 3 is 2.54 bits per heavy atom. The predicted molar refractivity (Wildman–Crippen MR) is 131 cm³/mol. The zero-order valence-corrected chi connectivity index (χ0v) is 20.9. The molecule has 1 atom stereocenters. The fourth-order valence-electron chi connectivity index (χ4n) is 3.57. The number of carbonyl (C=O) groups is 2. The van der Waals surface area contributed by atoms with Gasteiger partial charge >= 0.3 is 0 Å². The number of aromatic nitrogens is 2. The Bertz CT molecular complexity index is 1380. The molecule has 11 heteroatoms. The van der Waals surface area contributed by atoms with Crippen LogP contribution in [0.1, 0.15) is 32.8 Å². The lowest BCUT2D eigenvalue weighted by molar-refractivity contribution is -0.140. The van der Waals surface area contributed by atoms with Gasteiger partial charge in [0.15, 0.2) is 14.6 Å². The molecule has 1 aromatic carbocycles. The van der Waals surface area contributed by atoms with Crippen LogP contribution in [0.2, 0.25) is 0 Å². The minimum absolute atomic E-state index is 0.0680. The maximum atomic E-state index is 12.1. The Morgan fingerprint density at radius 2 is 1.94 bits per heavy atom. The van der Waals surface area contributed by atoms with Crippen LogP contribution in [0.5, 0.6) is 0 Å². The van der Waals surface area contributed by atoms with Crippen LogP contribution in [0, 0.1) is 29.6 Å². The topological polar surface area (TPSA) is 148 Å². The maximum absolute atomic E-state index is 12.1. The standard InChI is InChI=1S/C24H29N5O5S/c1-23(2,25)22(31)28-14-18(15-28)8-6-5-7-17-9-10-20-19(13-17)16-29(26-20)12-11-24(3,21(30)27-32)35(4,33)34/h9-10,13,16,18,32H,11-12,14-15,25H2,1-4H3,(H,27,30)/t24-/m1/s1. The number of aryl methyl sites for hydroxylation is 1. The lowest BCUT2D eigenvalue weighted by Gasteiger charge is -2.39. The first-order chi connectivity index (χ1) is 16.2. The Kier molecular flexibility index (Phi) is 7.27. The van der Waals surface area contributed by atoms with Crippen LogP contribution in [0.3, 0.4) is 0 Å². The third kappa shape index (κ3) is 5.82. The van der Waals surface area contributed by atoms with Crippen molar-refractivity contribution in [3.8, 4) is 23.7 Å². The quantitative estimate of drug-likeness (QED) is 0.294. The Labute approximate surface area is 204 Å². The van der Waals surface area contributed by atoms with Gasteiger partial charge in [0.2, 0.25) is 5.91 Å². The molecule has 4 N–H and O–H groups in total. The molecule has 3 rings (SSSR count). The number of fused-ring (bicyclic) bond motifs is 1. The Balaban J connectivity index is 1.64. The molecule has 0 unspecified atom stereocenters. The summed E-state index contributed by atoms with van der Waals surface area (Å²) in [5.74, 6) is 10.7. The number of sulfone groups is 1. The van der Waals surface area contributed by atoms with Crippen molar-refractivity contribution in [1.82, 2.24) is 20.2 Å². The Morgan fingerprint density at radius 1 is 1.26 bits per heavy atom. The van der Waals surface area contributed by atoms with Gasteiger partial charge in [-0.2, -0.15) is 5.10 Å². The second kappa shape index (κ2) is 9.70. The number of nitrogens with one attached hydrogen (secondary N) is 1. The van der Waals surface area contributed by atoms with E-state index in [2.05, 4.69) is 28.8 Å². The van der Waals surface area contributed by atoms with Gasteiger partial charge < -0.3 is 10.6 Å². The van der Waals surface area contributed by atoms with Crippen molar-refractivity contribution < 1.29 is 23.2 Å². The summed E-state index contributed by atoms with van der Waals surface area (Å²) in [6.45, 7) is 5.89. The van der Waals surface area contributed by atoms with E-state index in [9.17, 15) is 18.0 Å². The highest BCUT2D eigenvalue weighted by Crippen LogP contribution is 2.23. The van der Waals surface area contributed by atoms with Crippen molar-refractivity contribution >= 4 is 32.6 Å². The number of carbonyl (C=O) groups excluding carboxylic acids is 2. The molecule has 0 saturated carbocycles. The minimum Gasteiger partial charge on any atom is -0.338 e. The van der Waals surface area contributed by atoms with Crippen LogP contribution in [0.4, 0.5) is 0 Å². The van der Waals surface area contributed by atoms with E-state index in [1.54, 1.807) is 41.8 Å². The van der Waals surface area contributed by atoms with Crippen LogP contribution < -0.4 is 11.2 Å². The van der Waals surface area contributed by atoms with Gasteiger partial charge in [0, 0.05) is 43.0 Å². The summed E-state index contributed by atoms with van der Waals surface area (Å²) < 4.78 is 24.0. The molecule has 1 saturated heterocycles. The molecule has 1 aliphatic rings. The molecule has 0 aliphatic carbocycles. The molecule has 35 heavy (non-hydrogen) atoms. The number of hydrogen-bond donors (Lipinski definition) is 3. The molecule has 186 valence electrons. The summed E-state index contributed by atoms with van der Waals surface area (Å²) in [6.07, 6.45) is 2.63. The van der Waals surface area contributed by atoms with E-state index in [4.69, 9.17) is 10.9 Å². The van der Waals surface area contributed by atoms with Gasteiger partial charge in [0.1, 0.15) is 0 Å². The van der Waals surface area contributed by atoms with Gasteiger partial charge in [0.25, 0.3) is 5.91 Å².